The number of carbonyl (C=O) groups excluding carboxylic acids is 2. The number of halogens is 1. The van der Waals surface area contributed by atoms with E-state index in [9.17, 15) is 19.5 Å². The average Bonchev–Trinajstić information content (AvgIpc) is 3.40. The maximum atomic E-state index is 14.1. The monoisotopic (exact) mass is 540 g/mol. The molecule has 6 rings (SSSR count). The number of amides is 2. The third-order valence-electron chi connectivity index (χ3n) is 8.84. The highest BCUT2D eigenvalue weighted by molar-refractivity contribution is 6.31. The second-order valence-corrected chi connectivity index (χ2v) is 11.9. The van der Waals surface area contributed by atoms with Gasteiger partial charge < -0.3 is 24.2 Å². The molecule has 2 aromatic rings. The molecule has 1 aromatic carbocycles. The number of carboxylic acid groups (broad SMARTS) is 1. The van der Waals surface area contributed by atoms with Crippen LogP contribution in [0, 0.1) is 17.3 Å². The summed E-state index contributed by atoms with van der Waals surface area (Å²) in [6.45, 7) is 1.19. The Bertz CT molecular complexity index is 1290. The van der Waals surface area contributed by atoms with Gasteiger partial charge in [0.1, 0.15) is 18.5 Å². The summed E-state index contributed by atoms with van der Waals surface area (Å²) in [5.41, 5.74) is 2.37. The van der Waals surface area contributed by atoms with Crippen molar-refractivity contribution in [2.75, 3.05) is 13.1 Å². The lowest BCUT2D eigenvalue weighted by atomic mass is 9.78. The SMILES string of the molecule is Cn1cnc(COc2ccc(Cl)c3c2C(N2CC4(CC4)CC2=O)N(C(=O)C2CCCCC2C(=O)O)CC3)c1. The van der Waals surface area contributed by atoms with Gasteiger partial charge in [0.2, 0.25) is 11.8 Å². The topological polar surface area (TPSA) is 105 Å². The first-order valence-corrected chi connectivity index (χ1v) is 13.9. The predicted octanol–water partition coefficient (Wildman–Crippen LogP) is 3.94. The van der Waals surface area contributed by atoms with E-state index in [1.807, 2.05) is 22.7 Å². The van der Waals surface area contributed by atoms with Gasteiger partial charge in [0.15, 0.2) is 0 Å². The van der Waals surface area contributed by atoms with Crippen LogP contribution < -0.4 is 4.74 Å². The van der Waals surface area contributed by atoms with Gasteiger partial charge >= 0.3 is 5.97 Å². The molecule has 1 saturated heterocycles. The van der Waals surface area contributed by atoms with Gasteiger partial charge in [-0.1, -0.05) is 24.4 Å². The van der Waals surface area contributed by atoms with Crippen LogP contribution in [0.25, 0.3) is 0 Å². The Morgan fingerprint density at radius 1 is 1.21 bits per heavy atom. The van der Waals surface area contributed by atoms with Gasteiger partial charge in [-0.15, -0.1) is 0 Å². The van der Waals surface area contributed by atoms with Crippen LogP contribution in [-0.4, -0.2) is 55.3 Å². The quantitative estimate of drug-likeness (QED) is 0.595. The lowest BCUT2D eigenvalue weighted by Crippen LogP contribution is -2.52. The Labute approximate surface area is 226 Å². The molecule has 2 aliphatic heterocycles. The summed E-state index contributed by atoms with van der Waals surface area (Å²) in [4.78, 5) is 47.6. The van der Waals surface area contributed by atoms with E-state index in [0.29, 0.717) is 49.5 Å². The van der Waals surface area contributed by atoms with E-state index >= 15 is 0 Å². The van der Waals surface area contributed by atoms with Gasteiger partial charge in [-0.3, -0.25) is 14.4 Å². The van der Waals surface area contributed by atoms with Gasteiger partial charge in [0, 0.05) is 43.3 Å². The summed E-state index contributed by atoms with van der Waals surface area (Å²) in [6.07, 6.45) is 8.59. The summed E-state index contributed by atoms with van der Waals surface area (Å²) in [5.74, 6) is -1.83. The van der Waals surface area contributed by atoms with Crippen molar-refractivity contribution in [2.24, 2.45) is 24.3 Å². The molecular weight excluding hydrogens is 508 g/mol. The number of carboxylic acids is 1. The largest absolute Gasteiger partial charge is 0.487 e. The van der Waals surface area contributed by atoms with Gasteiger partial charge in [-0.25, -0.2) is 4.98 Å². The third kappa shape index (κ3) is 4.44. The molecule has 9 nitrogen and oxygen atoms in total. The van der Waals surface area contributed by atoms with Gasteiger partial charge in [0.05, 0.1) is 23.9 Å². The van der Waals surface area contributed by atoms with E-state index in [-0.39, 0.29) is 23.8 Å². The number of ether oxygens (including phenoxy) is 1. The number of imidazole rings is 1. The van der Waals surface area contributed by atoms with Crippen molar-refractivity contribution in [3.05, 3.63) is 46.5 Å². The van der Waals surface area contributed by atoms with Crippen LogP contribution in [0.5, 0.6) is 5.75 Å². The van der Waals surface area contributed by atoms with Crippen LogP contribution in [0.4, 0.5) is 0 Å². The summed E-state index contributed by atoms with van der Waals surface area (Å²) in [6, 6.07) is 3.61. The van der Waals surface area contributed by atoms with Crippen molar-refractivity contribution in [3.8, 4) is 5.75 Å². The molecule has 3 atom stereocenters. The normalized spacial score (nSPS) is 25.9. The molecule has 3 unspecified atom stereocenters. The van der Waals surface area contributed by atoms with E-state index in [2.05, 4.69) is 4.98 Å². The fraction of sp³-hybridized carbons (Fsp3) is 0.571. The second kappa shape index (κ2) is 9.59. The van der Waals surface area contributed by atoms with E-state index in [1.165, 1.54) is 0 Å². The van der Waals surface area contributed by atoms with Crippen molar-refractivity contribution in [2.45, 2.75) is 64.1 Å². The molecule has 1 aromatic heterocycles. The number of aromatic nitrogens is 2. The minimum absolute atomic E-state index is 0.00853. The zero-order valence-electron chi connectivity index (χ0n) is 21.6. The number of benzene rings is 1. The molecule has 2 aliphatic carbocycles. The van der Waals surface area contributed by atoms with Crippen LogP contribution in [0.2, 0.25) is 5.02 Å². The first-order chi connectivity index (χ1) is 18.3. The van der Waals surface area contributed by atoms with Crippen molar-refractivity contribution in [1.82, 2.24) is 19.4 Å². The van der Waals surface area contributed by atoms with E-state index < -0.39 is 24.0 Å². The van der Waals surface area contributed by atoms with E-state index in [0.717, 1.165) is 42.5 Å². The molecule has 0 radical (unpaired) electrons. The van der Waals surface area contributed by atoms with Crippen LogP contribution in [0.3, 0.4) is 0 Å². The number of nitrogens with zero attached hydrogens (tertiary/aromatic N) is 4. The fourth-order valence-corrected chi connectivity index (χ4v) is 6.89. The van der Waals surface area contributed by atoms with Gasteiger partial charge in [0.25, 0.3) is 0 Å². The molecule has 38 heavy (non-hydrogen) atoms. The fourth-order valence-electron chi connectivity index (χ4n) is 6.64. The Balaban J connectivity index is 1.40. The van der Waals surface area contributed by atoms with E-state index in [1.54, 1.807) is 23.4 Å². The minimum atomic E-state index is -0.923. The van der Waals surface area contributed by atoms with E-state index in [4.69, 9.17) is 16.3 Å². The summed E-state index contributed by atoms with van der Waals surface area (Å²) < 4.78 is 8.13. The van der Waals surface area contributed by atoms with Crippen LogP contribution in [0.15, 0.2) is 24.7 Å². The van der Waals surface area contributed by atoms with Crippen molar-refractivity contribution < 1.29 is 24.2 Å². The lowest BCUT2D eigenvalue weighted by Gasteiger charge is -2.45. The second-order valence-electron chi connectivity index (χ2n) is 11.4. The molecule has 2 saturated carbocycles. The number of hydrogen-bond donors (Lipinski definition) is 1. The maximum Gasteiger partial charge on any atom is 0.307 e. The molecule has 2 amide bonds. The molecule has 1 N–H and O–H groups in total. The number of likely N-dealkylation sites (tertiary alicyclic amines) is 1. The predicted molar refractivity (Wildman–Crippen MR) is 138 cm³/mol. The van der Waals surface area contributed by atoms with Crippen molar-refractivity contribution in [3.63, 3.8) is 0 Å². The first-order valence-electron chi connectivity index (χ1n) is 13.5. The summed E-state index contributed by atoms with van der Waals surface area (Å²) in [7, 11) is 1.89. The Hall–Kier alpha value is -3.07. The Kier molecular flexibility index (Phi) is 6.37. The molecule has 4 aliphatic rings. The van der Waals surface area contributed by atoms with Crippen LogP contribution >= 0.6 is 11.6 Å². The number of aryl methyl sites for hydroxylation is 1. The highest BCUT2D eigenvalue weighted by Gasteiger charge is 2.55. The molecule has 3 fully saturated rings. The van der Waals surface area contributed by atoms with Crippen molar-refractivity contribution >= 4 is 29.4 Å². The summed E-state index contributed by atoms with van der Waals surface area (Å²) >= 11 is 6.70. The lowest BCUT2D eigenvalue weighted by molar-refractivity contribution is -0.157. The number of fused-ring (bicyclic) bond motifs is 1. The maximum absolute atomic E-state index is 14.1. The van der Waals surface area contributed by atoms with Crippen LogP contribution in [0.1, 0.15) is 67.9 Å². The molecule has 3 heterocycles. The number of carbonyl (C=O) groups is 3. The first kappa shape index (κ1) is 25.2. The highest BCUT2D eigenvalue weighted by Crippen LogP contribution is 2.56. The van der Waals surface area contributed by atoms with Crippen molar-refractivity contribution in [1.29, 1.82) is 0 Å². The zero-order chi connectivity index (χ0) is 26.6. The molecular formula is C28H33ClN4O5. The molecule has 202 valence electrons. The highest BCUT2D eigenvalue weighted by atomic mass is 35.5. The molecule has 10 heteroatoms. The average molecular weight is 541 g/mol. The van der Waals surface area contributed by atoms with Crippen LogP contribution in [-0.2, 0) is 34.5 Å². The standard InChI is InChI=1S/C28H33ClN4O5/c1-31-13-17(30-16-31)14-38-22-7-6-21(29)20-8-11-32(26(35)18-4-2-3-5-19(18)27(36)37)25(24(20)22)33-15-28(9-10-28)12-23(33)34/h6-7,13,16,18-19,25H,2-5,8-12,14-15H2,1H3,(H,36,37). The summed E-state index contributed by atoms with van der Waals surface area (Å²) in [5, 5.41) is 10.5. The molecule has 1 spiro atoms. The number of rotatable bonds is 6. The third-order valence-corrected chi connectivity index (χ3v) is 9.19. The molecule has 0 bridgehead atoms. The van der Waals surface area contributed by atoms with Gasteiger partial charge in [-0.2, -0.15) is 0 Å². The minimum Gasteiger partial charge on any atom is -0.487 e. The smallest absolute Gasteiger partial charge is 0.307 e. The number of aliphatic carboxylic acids is 1. The Morgan fingerprint density at radius 3 is 2.63 bits per heavy atom. The Morgan fingerprint density at radius 2 is 1.97 bits per heavy atom. The number of hydrogen-bond acceptors (Lipinski definition) is 5. The van der Waals surface area contributed by atoms with Gasteiger partial charge in [-0.05, 0) is 55.2 Å². The zero-order valence-corrected chi connectivity index (χ0v) is 22.3.